The Morgan fingerprint density at radius 1 is 0.969 bits per heavy atom. The van der Waals surface area contributed by atoms with Crippen molar-refractivity contribution in [2.75, 3.05) is 60.9 Å². The molecule has 1 aliphatic rings. The van der Waals surface area contributed by atoms with E-state index >= 15 is 0 Å². The first-order chi connectivity index (χ1) is 15.6. The monoisotopic (exact) mass is 436 g/mol. The maximum Gasteiger partial charge on any atom is 0.250 e. The van der Waals surface area contributed by atoms with Gasteiger partial charge in [0.1, 0.15) is 5.82 Å². The van der Waals surface area contributed by atoms with Gasteiger partial charge in [-0.3, -0.25) is 0 Å². The number of morpholine rings is 1. The number of aromatic nitrogens is 3. The summed E-state index contributed by atoms with van der Waals surface area (Å²) in [4.78, 5) is 17.5. The molecule has 0 atom stereocenters. The van der Waals surface area contributed by atoms with Crippen molar-refractivity contribution in [2.45, 2.75) is 0 Å². The van der Waals surface area contributed by atoms with Gasteiger partial charge in [0, 0.05) is 38.6 Å². The van der Waals surface area contributed by atoms with Gasteiger partial charge >= 0.3 is 0 Å². The van der Waals surface area contributed by atoms with Crippen molar-refractivity contribution in [2.24, 2.45) is 5.10 Å². The molecule has 0 radical (unpaired) electrons. The predicted molar refractivity (Wildman–Crippen MR) is 125 cm³/mol. The molecule has 166 valence electrons. The summed E-state index contributed by atoms with van der Waals surface area (Å²) < 4.78 is 18.6. The zero-order valence-electron chi connectivity index (χ0n) is 18.0. The van der Waals surface area contributed by atoms with E-state index in [-0.39, 0.29) is 5.82 Å². The Morgan fingerprint density at radius 2 is 1.66 bits per heavy atom. The molecular formula is C22H25FN8O. The van der Waals surface area contributed by atoms with Crippen LogP contribution < -0.4 is 20.5 Å². The molecule has 1 saturated heterocycles. The third kappa shape index (κ3) is 5.67. The normalized spacial score (nSPS) is 13.9. The van der Waals surface area contributed by atoms with E-state index in [4.69, 9.17) is 4.74 Å². The Labute approximate surface area is 186 Å². The van der Waals surface area contributed by atoms with E-state index in [9.17, 15) is 4.39 Å². The zero-order chi connectivity index (χ0) is 22.3. The van der Waals surface area contributed by atoms with E-state index in [0.29, 0.717) is 49.8 Å². The fourth-order valence-electron chi connectivity index (χ4n) is 3.06. The maximum absolute atomic E-state index is 13.2. The maximum atomic E-state index is 13.2. The minimum Gasteiger partial charge on any atom is -0.378 e. The Balaban J connectivity index is 1.53. The van der Waals surface area contributed by atoms with Gasteiger partial charge in [-0.15, -0.1) is 0 Å². The standard InChI is InChI=1S/C22H25FN8O/c1-30(2)19-9-3-16(4-10-19)15-24-29-21-26-20(25-18-7-5-17(23)6-8-18)27-22(28-21)31-11-13-32-14-12-31/h3-10,15H,11-14H2,1-2H3,(H2,25,26,27,28,29)/b24-15-. The lowest BCUT2D eigenvalue weighted by Gasteiger charge is -2.27. The van der Waals surface area contributed by atoms with Crippen LogP contribution in [0.2, 0.25) is 0 Å². The number of hydrazone groups is 1. The highest BCUT2D eigenvalue weighted by Gasteiger charge is 2.16. The van der Waals surface area contributed by atoms with E-state index in [2.05, 4.69) is 30.8 Å². The number of halogens is 1. The Kier molecular flexibility index (Phi) is 6.71. The van der Waals surface area contributed by atoms with Crippen LogP contribution in [0.5, 0.6) is 0 Å². The van der Waals surface area contributed by atoms with Crippen LogP contribution in [0.15, 0.2) is 53.6 Å². The summed E-state index contributed by atoms with van der Waals surface area (Å²) >= 11 is 0. The molecule has 1 fully saturated rings. The molecule has 0 aliphatic carbocycles. The van der Waals surface area contributed by atoms with Gasteiger partial charge in [0.05, 0.1) is 19.4 Å². The molecule has 1 aromatic heterocycles. The second kappa shape index (κ2) is 10.0. The SMILES string of the molecule is CN(C)c1ccc(/C=N\Nc2nc(Nc3ccc(F)cc3)nc(N3CCOCC3)n2)cc1. The average molecular weight is 436 g/mol. The number of rotatable bonds is 7. The molecule has 2 heterocycles. The molecule has 2 N–H and O–H groups in total. The summed E-state index contributed by atoms with van der Waals surface area (Å²) in [5.74, 6) is 0.838. The van der Waals surface area contributed by atoms with Crippen LogP contribution in [-0.4, -0.2) is 61.6 Å². The third-order valence-corrected chi connectivity index (χ3v) is 4.81. The summed E-state index contributed by atoms with van der Waals surface area (Å²) in [6.07, 6.45) is 1.70. The minimum atomic E-state index is -0.310. The van der Waals surface area contributed by atoms with Crippen molar-refractivity contribution in [1.82, 2.24) is 15.0 Å². The molecular weight excluding hydrogens is 411 g/mol. The van der Waals surface area contributed by atoms with Crippen LogP contribution in [0.4, 0.5) is 33.6 Å². The van der Waals surface area contributed by atoms with E-state index < -0.39 is 0 Å². The van der Waals surface area contributed by atoms with Crippen molar-refractivity contribution in [3.63, 3.8) is 0 Å². The zero-order valence-corrected chi connectivity index (χ0v) is 18.0. The minimum absolute atomic E-state index is 0.298. The highest BCUT2D eigenvalue weighted by atomic mass is 19.1. The molecule has 0 saturated carbocycles. The molecule has 0 unspecified atom stereocenters. The number of hydrogen-bond acceptors (Lipinski definition) is 9. The van der Waals surface area contributed by atoms with Gasteiger partial charge in [-0.05, 0) is 42.0 Å². The molecule has 2 aromatic carbocycles. The predicted octanol–water partition coefficient (Wildman–Crippen LogP) is 3.10. The number of ether oxygens (including phenoxy) is 1. The second-order valence-corrected chi connectivity index (χ2v) is 7.37. The third-order valence-electron chi connectivity index (χ3n) is 4.81. The fourth-order valence-corrected chi connectivity index (χ4v) is 3.06. The first kappa shape index (κ1) is 21.4. The molecule has 0 spiro atoms. The number of anilines is 5. The van der Waals surface area contributed by atoms with Crippen molar-refractivity contribution in [3.05, 3.63) is 59.9 Å². The summed E-state index contributed by atoms with van der Waals surface area (Å²) in [5, 5.41) is 7.36. The summed E-state index contributed by atoms with van der Waals surface area (Å²) in [6.45, 7) is 2.58. The van der Waals surface area contributed by atoms with Crippen LogP contribution >= 0.6 is 0 Å². The molecule has 3 aromatic rings. The van der Waals surface area contributed by atoms with E-state index in [1.807, 2.05) is 48.2 Å². The number of benzene rings is 2. The lowest BCUT2D eigenvalue weighted by atomic mass is 10.2. The van der Waals surface area contributed by atoms with Gasteiger partial charge in [-0.2, -0.15) is 20.1 Å². The summed E-state index contributed by atoms with van der Waals surface area (Å²) in [7, 11) is 3.99. The van der Waals surface area contributed by atoms with E-state index in [1.165, 1.54) is 12.1 Å². The molecule has 1 aliphatic heterocycles. The van der Waals surface area contributed by atoms with Crippen LogP contribution in [0.25, 0.3) is 0 Å². The van der Waals surface area contributed by atoms with Gasteiger partial charge < -0.3 is 19.9 Å². The summed E-state index contributed by atoms with van der Waals surface area (Å²) in [6, 6.07) is 14.0. The Morgan fingerprint density at radius 3 is 2.34 bits per heavy atom. The van der Waals surface area contributed by atoms with Crippen molar-refractivity contribution in [1.29, 1.82) is 0 Å². The van der Waals surface area contributed by atoms with Crippen LogP contribution in [0.1, 0.15) is 5.56 Å². The topological polar surface area (TPSA) is 90.8 Å². The highest BCUT2D eigenvalue weighted by molar-refractivity contribution is 5.80. The first-order valence-corrected chi connectivity index (χ1v) is 10.2. The van der Waals surface area contributed by atoms with E-state index in [1.54, 1.807) is 18.3 Å². The highest BCUT2D eigenvalue weighted by Crippen LogP contribution is 2.19. The van der Waals surface area contributed by atoms with Gasteiger partial charge in [-0.25, -0.2) is 9.82 Å². The van der Waals surface area contributed by atoms with Crippen molar-refractivity contribution < 1.29 is 9.13 Å². The molecule has 0 bridgehead atoms. The Bertz CT molecular complexity index is 1050. The van der Waals surface area contributed by atoms with Gasteiger partial charge in [-0.1, -0.05) is 12.1 Å². The van der Waals surface area contributed by atoms with Gasteiger partial charge in [0.15, 0.2) is 0 Å². The van der Waals surface area contributed by atoms with Crippen LogP contribution in [0, 0.1) is 5.82 Å². The molecule has 9 nitrogen and oxygen atoms in total. The molecule has 32 heavy (non-hydrogen) atoms. The molecule has 10 heteroatoms. The van der Waals surface area contributed by atoms with Gasteiger partial charge in [0.2, 0.25) is 17.8 Å². The average Bonchev–Trinajstić information content (AvgIpc) is 2.81. The Hall–Kier alpha value is -3.79. The number of nitrogens with one attached hydrogen (secondary N) is 2. The number of hydrogen-bond donors (Lipinski definition) is 2. The van der Waals surface area contributed by atoms with Crippen LogP contribution in [0.3, 0.4) is 0 Å². The smallest absolute Gasteiger partial charge is 0.250 e. The lowest BCUT2D eigenvalue weighted by Crippen LogP contribution is -2.37. The second-order valence-electron chi connectivity index (χ2n) is 7.37. The van der Waals surface area contributed by atoms with Gasteiger partial charge in [0.25, 0.3) is 0 Å². The quantitative estimate of drug-likeness (QED) is 0.431. The lowest BCUT2D eigenvalue weighted by molar-refractivity contribution is 0.122. The molecule has 0 amide bonds. The largest absolute Gasteiger partial charge is 0.378 e. The summed E-state index contributed by atoms with van der Waals surface area (Å²) in [5.41, 5.74) is 5.60. The number of nitrogens with zero attached hydrogens (tertiary/aromatic N) is 6. The van der Waals surface area contributed by atoms with Crippen LogP contribution in [-0.2, 0) is 4.74 Å². The van der Waals surface area contributed by atoms with Crippen molar-refractivity contribution in [3.8, 4) is 0 Å². The van der Waals surface area contributed by atoms with Crippen molar-refractivity contribution >= 4 is 35.4 Å². The molecule has 4 rings (SSSR count). The van der Waals surface area contributed by atoms with E-state index in [0.717, 1.165) is 11.3 Å². The first-order valence-electron chi connectivity index (χ1n) is 10.2. The fraction of sp³-hybridized carbons (Fsp3) is 0.273.